The van der Waals surface area contributed by atoms with Crippen molar-refractivity contribution in [2.75, 3.05) is 44.9 Å². The zero-order valence-corrected chi connectivity index (χ0v) is 19.3. The molecule has 7 nitrogen and oxygen atoms in total. The van der Waals surface area contributed by atoms with Crippen LogP contribution in [0.15, 0.2) is 47.5 Å². The number of methoxy groups -OCH3 is 1. The van der Waals surface area contributed by atoms with Crippen LogP contribution in [0.5, 0.6) is 5.75 Å². The third-order valence-electron chi connectivity index (χ3n) is 5.34. The molecule has 0 saturated heterocycles. The van der Waals surface area contributed by atoms with E-state index in [1.807, 2.05) is 55.1 Å². The van der Waals surface area contributed by atoms with Crippen molar-refractivity contribution in [2.24, 2.45) is 4.99 Å². The van der Waals surface area contributed by atoms with Crippen molar-refractivity contribution in [2.45, 2.75) is 33.2 Å². The molecule has 0 fully saturated rings. The van der Waals surface area contributed by atoms with Crippen LogP contribution in [0.4, 0.5) is 5.69 Å². The largest absolute Gasteiger partial charge is 0.491 e. The van der Waals surface area contributed by atoms with Gasteiger partial charge in [0, 0.05) is 31.5 Å². The number of nitrogens with zero attached hydrogens (tertiary/aromatic N) is 2. The normalized spacial score (nSPS) is 13.5. The first-order chi connectivity index (χ1) is 15.6. The second kappa shape index (κ2) is 12.1. The number of fused-ring (bicyclic) bond motifs is 1. The maximum Gasteiger partial charge on any atom is 0.246 e. The molecule has 2 N–H and O–H groups in total. The van der Waals surface area contributed by atoms with Gasteiger partial charge in [-0.3, -0.25) is 4.79 Å². The van der Waals surface area contributed by atoms with Gasteiger partial charge in [-0.25, -0.2) is 4.99 Å². The van der Waals surface area contributed by atoms with Gasteiger partial charge in [0.25, 0.3) is 0 Å². The van der Waals surface area contributed by atoms with Crippen molar-refractivity contribution in [3.05, 3.63) is 59.2 Å². The lowest BCUT2D eigenvalue weighted by molar-refractivity contribution is -0.117. The number of ether oxygens (including phenoxy) is 2. The topological polar surface area (TPSA) is 75.2 Å². The molecular formula is C25H34N4O3. The van der Waals surface area contributed by atoms with Gasteiger partial charge in [-0.05, 0) is 49.9 Å². The Balaban J connectivity index is 1.64. The molecule has 1 aliphatic heterocycles. The summed E-state index contributed by atoms with van der Waals surface area (Å²) in [4.78, 5) is 19.5. The van der Waals surface area contributed by atoms with Gasteiger partial charge in [-0.1, -0.05) is 30.3 Å². The SMILES string of the molecule is CCNC(=NCc1ccc(C)cc1OCCOC)NCC(=O)N1CCCc2ccccc21. The molecule has 0 bridgehead atoms. The minimum Gasteiger partial charge on any atom is -0.491 e. The Morgan fingerprint density at radius 3 is 2.81 bits per heavy atom. The van der Waals surface area contributed by atoms with E-state index in [1.165, 1.54) is 5.56 Å². The summed E-state index contributed by atoms with van der Waals surface area (Å²) in [5.74, 6) is 1.46. The Hall–Kier alpha value is -3.06. The summed E-state index contributed by atoms with van der Waals surface area (Å²) in [6, 6.07) is 14.2. The molecule has 1 heterocycles. The Bertz CT molecular complexity index is 929. The smallest absolute Gasteiger partial charge is 0.246 e. The molecule has 0 atom stereocenters. The predicted molar refractivity (Wildman–Crippen MR) is 128 cm³/mol. The quantitative estimate of drug-likeness (QED) is 0.358. The fraction of sp³-hybridized carbons (Fsp3) is 0.440. The number of carbonyl (C=O) groups is 1. The van der Waals surface area contributed by atoms with Crippen LogP contribution in [0.1, 0.15) is 30.0 Å². The van der Waals surface area contributed by atoms with E-state index in [0.717, 1.165) is 42.0 Å². The van der Waals surface area contributed by atoms with Crippen LogP contribution in [0, 0.1) is 6.92 Å². The number of benzene rings is 2. The molecule has 0 aliphatic carbocycles. The van der Waals surface area contributed by atoms with Crippen molar-refractivity contribution in [3.8, 4) is 5.75 Å². The van der Waals surface area contributed by atoms with Crippen LogP contribution < -0.4 is 20.3 Å². The van der Waals surface area contributed by atoms with Gasteiger partial charge in [-0.2, -0.15) is 0 Å². The fourth-order valence-electron chi connectivity index (χ4n) is 3.72. The molecule has 3 rings (SSSR count). The van der Waals surface area contributed by atoms with Crippen molar-refractivity contribution >= 4 is 17.6 Å². The standard InChI is InChI=1S/C25H34N4O3/c1-4-26-25(27-17-21-12-11-19(2)16-23(21)32-15-14-31-3)28-18-24(30)29-13-7-9-20-8-5-6-10-22(20)29/h5-6,8,10-12,16H,4,7,9,13-15,17-18H2,1-3H3,(H2,26,27,28). The summed E-state index contributed by atoms with van der Waals surface area (Å²) < 4.78 is 10.9. The van der Waals surface area contributed by atoms with Crippen LogP contribution in [0.3, 0.4) is 0 Å². The number of aryl methyl sites for hydroxylation is 2. The van der Waals surface area contributed by atoms with Crippen molar-refractivity contribution < 1.29 is 14.3 Å². The number of carbonyl (C=O) groups excluding carboxylic acids is 1. The molecule has 7 heteroatoms. The van der Waals surface area contributed by atoms with Crippen LogP contribution in [-0.4, -0.2) is 51.8 Å². The lowest BCUT2D eigenvalue weighted by Gasteiger charge is -2.29. The molecule has 32 heavy (non-hydrogen) atoms. The average Bonchev–Trinajstić information content (AvgIpc) is 2.81. The van der Waals surface area contributed by atoms with Gasteiger partial charge in [0.2, 0.25) is 5.91 Å². The van der Waals surface area contributed by atoms with Gasteiger partial charge in [0.1, 0.15) is 12.4 Å². The highest BCUT2D eigenvalue weighted by Gasteiger charge is 2.22. The van der Waals surface area contributed by atoms with Crippen LogP contribution in [0.2, 0.25) is 0 Å². The van der Waals surface area contributed by atoms with Gasteiger partial charge in [0.15, 0.2) is 5.96 Å². The van der Waals surface area contributed by atoms with Gasteiger partial charge in [0.05, 0.1) is 19.7 Å². The lowest BCUT2D eigenvalue weighted by Crippen LogP contribution is -2.46. The number of guanidine groups is 1. The zero-order chi connectivity index (χ0) is 22.8. The number of hydrogen-bond acceptors (Lipinski definition) is 4. The highest BCUT2D eigenvalue weighted by atomic mass is 16.5. The molecule has 1 amide bonds. The molecule has 0 aromatic heterocycles. The van der Waals surface area contributed by atoms with E-state index >= 15 is 0 Å². The minimum atomic E-state index is 0.0432. The highest BCUT2D eigenvalue weighted by molar-refractivity contribution is 5.98. The number of aliphatic imine (C=N–C) groups is 1. The molecule has 172 valence electrons. The van der Waals surface area contributed by atoms with Gasteiger partial charge < -0.3 is 25.0 Å². The Morgan fingerprint density at radius 2 is 2.00 bits per heavy atom. The van der Waals surface area contributed by atoms with Crippen LogP contribution >= 0.6 is 0 Å². The lowest BCUT2D eigenvalue weighted by atomic mass is 10.0. The first kappa shape index (κ1) is 23.6. The van der Waals surface area contributed by atoms with Crippen LogP contribution in [-0.2, 0) is 22.5 Å². The second-order valence-corrected chi connectivity index (χ2v) is 7.78. The van der Waals surface area contributed by atoms with E-state index in [-0.39, 0.29) is 12.5 Å². The number of para-hydroxylation sites is 1. The van der Waals surface area contributed by atoms with E-state index in [1.54, 1.807) is 7.11 Å². The predicted octanol–water partition coefficient (Wildman–Crippen LogP) is 3.05. The fourth-order valence-corrected chi connectivity index (χ4v) is 3.72. The molecule has 0 radical (unpaired) electrons. The molecule has 0 saturated carbocycles. The summed E-state index contributed by atoms with van der Waals surface area (Å²) in [5, 5.41) is 6.41. The molecule has 2 aromatic rings. The first-order valence-corrected chi connectivity index (χ1v) is 11.2. The Morgan fingerprint density at radius 1 is 1.16 bits per heavy atom. The second-order valence-electron chi connectivity index (χ2n) is 7.78. The maximum absolute atomic E-state index is 12.9. The molecule has 0 spiro atoms. The van der Waals surface area contributed by atoms with E-state index in [2.05, 4.69) is 21.7 Å². The summed E-state index contributed by atoms with van der Waals surface area (Å²) in [6.07, 6.45) is 2.00. The zero-order valence-electron chi connectivity index (χ0n) is 19.3. The summed E-state index contributed by atoms with van der Waals surface area (Å²) in [6.45, 7) is 7.14. The first-order valence-electron chi connectivity index (χ1n) is 11.2. The molecule has 2 aromatic carbocycles. The van der Waals surface area contributed by atoms with Crippen molar-refractivity contribution in [1.82, 2.24) is 10.6 Å². The number of anilines is 1. The maximum atomic E-state index is 12.9. The summed E-state index contributed by atoms with van der Waals surface area (Å²) in [5.41, 5.74) is 4.36. The highest BCUT2D eigenvalue weighted by Crippen LogP contribution is 2.26. The third-order valence-corrected chi connectivity index (χ3v) is 5.34. The monoisotopic (exact) mass is 438 g/mol. The van der Waals surface area contributed by atoms with E-state index in [9.17, 15) is 4.79 Å². The third kappa shape index (κ3) is 6.47. The van der Waals surface area contributed by atoms with Crippen molar-refractivity contribution in [3.63, 3.8) is 0 Å². The summed E-state index contributed by atoms with van der Waals surface area (Å²) in [7, 11) is 1.66. The van der Waals surface area contributed by atoms with E-state index < -0.39 is 0 Å². The van der Waals surface area contributed by atoms with Gasteiger partial charge >= 0.3 is 0 Å². The van der Waals surface area contributed by atoms with Gasteiger partial charge in [-0.15, -0.1) is 0 Å². The molecule has 0 unspecified atom stereocenters. The number of amides is 1. The number of rotatable bonds is 9. The van der Waals surface area contributed by atoms with E-state index in [0.29, 0.717) is 32.3 Å². The van der Waals surface area contributed by atoms with Crippen molar-refractivity contribution in [1.29, 1.82) is 0 Å². The summed E-state index contributed by atoms with van der Waals surface area (Å²) >= 11 is 0. The Labute approximate surface area is 190 Å². The number of hydrogen-bond donors (Lipinski definition) is 2. The van der Waals surface area contributed by atoms with Crippen LogP contribution in [0.25, 0.3) is 0 Å². The average molecular weight is 439 g/mol. The van der Waals surface area contributed by atoms with E-state index in [4.69, 9.17) is 9.47 Å². The molecular weight excluding hydrogens is 404 g/mol. The Kier molecular flexibility index (Phi) is 8.92. The number of nitrogens with one attached hydrogen (secondary N) is 2. The molecule has 1 aliphatic rings. The minimum absolute atomic E-state index is 0.0432.